The molecular weight excluding hydrogens is 172 g/mol. The molecule has 0 bridgehead atoms. The number of rotatable bonds is 1. The summed E-state index contributed by atoms with van der Waals surface area (Å²) in [5.74, 6) is 0. The molecule has 0 aliphatic carbocycles. The Morgan fingerprint density at radius 2 is 2.00 bits per heavy atom. The van der Waals surface area contributed by atoms with Crippen LogP contribution < -0.4 is 5.32 Å². The fraction of sp³-hybridized carbons (Fsp3) is 0.444. The lowest BCUT2D eigenvalue weighted by Crippen LogP contribution is -2.25. The summed E-state index contributed by atoms with van der Waals surface area (Å²) in [5, 5.41) is 3.93. The normalized spacial score (nSPS) is 11.3. The van der Waals surface area contributed by atoms with E-state index in [1.165, 1.54) is 0 Å². The molecule has 66 valence electrons. The first-order valence-electron chi connectivity index (χ1n) is 3.86. The number of nitrogens with zero attached hydrogens (tertiary/aromatic N) is 1. The second-order valence-electron chi connectivity index (χ2n) is 3.77. The first kappa shape index (κ1) is 9.33. The molecule has 2 nitrogen and oxygen atoms in total. The van der Waals surface area contributed by atoms with Crippen molar-refractivity contribution in [2.75, 3.05) is 5.32 Å². The highest BCUT2D eigenvalue weighted by Gasteiger charge is 2.08. The Morgan fingerprint density at radius 3 is 2.50 bits per heavy atom. The standard InChI is InChI=1S/C9H13ClN2/c1-9(2,3)12-8-4-7(10)5-11-6-8/h4-6,12H,1-3H3. The lowest BCUT2D eigenvalue weighted by Gasteiger charge is -2.21. The second-order valence-corrected chi connectivity index (χ2v) is 4.20. The van der Waals surface area contributed by atoms with E-state index in [9.17, 15) is 0 Å². The summed E-state index contributed by atoms with van der Waals surface area (Å²) in [7, 11) is 0. The van der Waals surface area contributed by atoms with Crippen LogP contribution in [-0.4, -0.2) is 10.5 Å². The first-order chi connectivity index (χ1) is 5.47. The molecule has 1 aromatic heterocycles. The van der Waals surface area contributed by atoms with Crippen LogP contribution >= 0.6 is 11.6 Å². The van der Waals surface area contributed by atoms with E-state index in [-0.39, 0.29) is 5.54 Å². The van der Waals surface area contributed by atoms with Gasteiger partial charge >= 0.3 is 0 Å². The van der Waals surface area contributed by atoms with E-state index in [1.54, 1.807) is 12.4 Å². The predicted molar refractivity (Wildman–Crippen MR) is 52.6 cm³/mol. The van der Waals surface area contributed by atoms with Crippen LogP contribution in [0.3, 0.4) is 0 Å². The van der Waals surface area contributed by atoms with E-state index in [0.717, 1.165) is 5.69 Å². The molecule has 12 heavy (non-hydrogen) atoms. The molecular formula is C9H13ClN2. The largest absolute Gasteiger partial charge is 0.379 e. The number of anilines is 1. The summed E-state index contributed by atoms with van der Waals surface area (Å²) >= 11 is 5.77. The fourth-order valence-electron chi connectivity index (χ4n) is 0.913. The topological polar surface area (TPSA) is 24.9 Å². The molecule has 0 unspecified atom stereocenters. The molecule has 3 heteroatoms. The van der Waals surface area contributed by atoms with Gasteiger partial charge in [-0.15, -0.1) is 0 Å². The third-order valence-electron chi connectivity index (χ3n) is 1.22. The van der Waals surface area contributed by atoms with Crippen molar-refractivity contribution < 1.29 is 0 Å². The molecule has 1 heterocycles. The van der Waals surface area contributed by atoms with Crippen LogP contribution in [0.25, 0.3) is 0 Å². The van der Waals surface area contributed by atoms with Crippen LogP contribution in [0.2, 0.25) is 5.02 Å². The Labute approximate surface area is 78.0 Å². The first-order valence-corrected chi connectivity index (χ1v) is 4.24. The van der Waals surface area contributed by atoms with E-state index in [1.807, 2.05) is 6.07 Å². The van der Waals surface area contributed by atoms with Gasteiger partial charge in [-0.2, -0.15) is 0 Å². The third kappa shape index (κ3) is 3.09. The molecule has 1 rings (SSSR count). The highest BCUT2D eigenvalue weighted by molar-refractivity contribution is 6.30. The van der Waals surface area contributed by atoms with Gasteiger partial charge in [-0.05, 0) is 26.8 Å². The van der Waals surface area contributed by atoms with Crippen LogP contribution in [-0.2, 0) is 0 Å². The summed E-state index contributed by atoms with van der Waals surface area (Å²) in [6.07, 6.45) is 3.38. The van der Waals surface area contributed by atoms with E-state index >= 15 is 0 Å². The van der Waals surface area contributed by atoms with Gasteiger partial charge in [-0.3, -0.25) is 4.98 Å². The Hall–Kier alpha value is -0.760. The van der Waals surface area contributed by atoms with Gasteiger partial charge in [0.1, 0.15) is 0 Å². The lowest BCUT2D eigenvalue weighted by molar-refractivity contribution is 0.633. The molecule has 0 aliphatic heterocycles. The van der Waals surface area contributed by atoms with Crippen molar-refractivity contribution in [3.63, 3.8) is 0 Å². The number of hydrogen-bond acceptors (Lipinski definition) is 2. The smallest absolute Gasteiger partial charge is 0.0609 e. The molecule has 0 aliphatic rings. The maximum atomic E-state index is 5.77. The van der Waals surface area contributed by atoms with Crippen molar-refractivity contribution in [2.24, 2.45) is 0 Å². The number of halogens is 1. The summed E-state index contributed by atoms with van der Waals surface area (Å²) in [5.41, 5.74) is 1.00. The molecule has 0 spiro atoms. The molecule has 0 atom stereocenters. The average molecular weight is 185 g/mol. The molecule has 0 aromatic carbocycles. The summed E-state index contributed by atoms with van der Waals surface area (Å²) in [6.45, 7) is 6.27. The number of hydrogen-bond donors (Lipinski definition) is 1. The molecule has 0 saturated heterocycles. The number of nitrogens with one attached hydrogen (secondary N) is 1. The molecule has 0 amide bonds. The maximum absolute atomic E-state index is 5.77. The Kier molecular flexibility index (Phi) is 2.58. The summed E-state index contributed by atoms with van der Waals surface area (Å²) < 4.78 is 0. The predicted octanol–water partition coefficient (Wildman–Crippen LogP) is 2.95. The zero-order valence-electron chi connectivity index (χ0n) is 7.56. The maximum Gasteiger partial charge on any atom is 0.0609 e. The molecule has 0 saturated carbocycles. The lowest BCUT2D eigenvalue weighted by atomic mass is 10.1. The van der Waals surface area contributed by atoms with Gasteiger partial charge in [0.15, 0.2) is 0 Å². The Bertz CT molecular complexity index is 265. The summed E-state index contributed by atoms with van der Waals surface area (Å²) in [6, 6.07) is 1.86. The molecule has 1 N–H and O–H groups in total. The van der Waals surface area contributed by atoms with Gasteiger partial charge in [0.2, 0.25) is 0 Å². The van der Waals surface area contributed by atoms with Crippen LogP contribution in [0.5, 0.6) is 0 Å². The van der Waals surface area contributed by atoms with Gasteiger partial charge in [-0.1, -0.05) is 11.6 Å². The fourth-order valence-corrected chi connectivity index (χ4v) is 1.09. The minimum atomic E-state index is 0.0480. The van der Waals surface area contributed by atoms with Crippen LogP contribution in [0.4, 0.5) is 5.69 Å². The van der Waals surface area contributed by atoms with E-state index in [4.69, 9.17) is 11.6 Å². The molecule has 0 radical (unpaired) electrons. The van der Waals surface area contributed by atoms with Crippen LogP contribution in [0, 0.1) is 0 Å². The number of aromatic nitrogens is 1. The van der Waals surface area contributed by atoms with Gasteiger partial charge in [0.25, 0.3) is 0 Å². The highest BCUT2D eigenvalue weighted by Crippen LogP contribution is 2.16. The van der Waals surface area contributed by atoms with Gasteiger partial charge in [0, 0.05) is 11.7 Å². The second kappa shape index (κ2) is 3.31. The van der Waals surface area contributed by atoms with Gasteiger partial charge in [-0.25, -0.2) is 0 Å². The SMILES string of the molecule is CC(C)(C)Nc1cncc(Cl)c1. The zero-order valence-corrected chi connectivity index (χ0v) is 8.31. The van der Waals surface area contributed by atoms with Crippen molar-refractivity contribution in [3.05, 3.63) is 23.5 Å². The molecule has 1 aromatic rings. The van der Waals surface area contributed by atoms with Crippen molar-refractivity contribution in [1.29, 1.82) is 0 Å². The van der Waals surface area contributed by atoms with Gasteiger partial charge < -0.3 is 5.32 Å². The minimum Gasteiger partial charge on any atom is -0.379 e. The monoisotopic (exact) mass is 184 g/mol. The van der Waals surface area contributed by atoms with Crippen LogP contribution in [0.15, 0.2) is 18.5 Å². The number of pyridine rings is 1. The third-order valence-corrected chi connectivity index (χ3v) is 1.43. The van der Waals surface area contributed by atoms with Crippen molar-refractivity contribution in [3.8, 4) is 0 Å². The quantitative estimate of drug-likeness (QED) is 0.726. The van der Waals surface area contributed by atoms with Crippen molar-refractivity contribution in [1.82, 2.24) is 4.98 Å². The Balaban J connectivity index is 2.77. The minimum absolute atomic E-state index is 0.0480. The zero-order chi connectivity index (χ0) is 9.19. The van der Waals surface area contributed by atoms with E-state index < -0.39 is 0 Å². The van der Waals surface area contributed by atoms with Crippen molar-refractivity contribution in [2.45, 2.75) is 26.3 Å². The van der Waals surface area contributed by atoms with Crippen molar-refractivity contribution >= 4 is 17.3 Å². The summed E-state index contributed by atoms with van der Waals surface area (Å²) in [4.78, 5) is 3.97. The Morgan fingerprint density at radius 1 is 1.33 bits per heavy atom. The molecule has 0 fully saturated rings. The van der Waals surface area contributed by atoms with E-state index in [2.05, 4.69) is 31.1 Å². The average Bonchev–Trinajstić information content (AvgIpc) is 1.82. The van der Waals surface area contributed by atoms with Crippen LogP contribution in [0.1, 0.15) is 20.8 Å². The van der Waals surface area contributed by atoms with E-state index in [0.29, 0.717) is 5.02 Å². The van der Waals surface area contributed by atoms with Gasteiger partial charge in [0.05, 0.1) is 16.9 Å². The highest BCUT2D eigenvalue weighted by atomic mass is 35.5.